The molecule has 1 aromatic carbocycles. The third-order valence-electron chi connectivity index (χ3n) is 3.70. The van der Waals surface area contributed by atoms with Gasteiger partial charge in [-0.2, -0.15) is 0 Å². The Morgan fingerprint density at radius 3 is 2.45 bits per heavy atom. The molecular formula is C17H28ClNO. The smallest absolute Gasteiger partial charge is 0.0587 e. The van der Waals surface area contributed by atoms with Crippen LogP contribution in [0.5, 0.6) is 0 Å². The lowest BCUT2D eigenvalue weighted by atomic mass is 10.0. The van der Waals surface area contributed by atoms with Gasteiger partial charge in [0.25, 0.3) is 0 Å². The molecule has 1 N–H and O–H groups in total. The predicted molar refractivity (Wildman–Crippen MR) is 87.8 cm³/mol. The van der Waals surface area contributed by atoms with E-state index in [1.807, 2.05) is 0 Å². The molecule has 2 nitrogen and oxygen atoms in total. The monoisotopic (exact) mass is 297 g/mol. The number of methoxy groups -OCH3 is 1. The fraction of sp³-hybridized carbons (Fsp3) is 0.647. The van der Waals surface area contributed by atoms with Crippen LogP contribution in [-0.4, -0.2) is 26.8 Å². The molecule has 3 heteroatoms. The van der Waals surface area contributed by atoms with Crippen LogP contribution < -0.4 is 5.32 Å². The van der Waals surface area contributed by atoms with Crippen molar-refractivity contribution in [3.8, 4) is 0 Å². The maximum Gasteiger partial charge on any atom is 0.0587 e. The Labute approximate surface area is 128 Å². The van der Waals surface area contributed by atoms with Crippen molar-refractivity contribution >= 4 is 11.6 Å². The van der Waals surface area contributed by atoms with Crippen molar-refractivity contribution in [1.29, 1.82) is 0 Å². The largest absolute Gasteiger partial charge is 0.383 e. The van der Waals surface area contributed by atoms with Crippen molar-refractivity contribution in [3.63, 3.8) is 0 Å². The van der Waals surface area contributed by atoms with Crippen LogP contribution in [0.3, 0.4) is 0 Å². The number of hydrogen-bond acceptors (Lipinski definition) is 2. The first-order valence-electron chi connectivity index (χ1n) is 7.60. The number of aryl methyl sites for hydroxylation is 3. The van der Waals surface area contributed by atoms with E-state index in [1.54, 1.807) is 7.11 Å². The summed E-state index contributed by atoms with van der Waals surface area (Å²) in [6.45, 7) is 7.11. The molecule has 1 aromatic rings. The van der Waals surface area contributed by atoms with Gasteiger partial charge in [-0.05, 0) is 62.4 Å². The quantitative estimate of drug-likeness (QED) is 0.650. The molecule has 0 aromatic heterocycles. The Kier molecular flexibility index (Phi) is 8.92. The molecule has 0 spiro atoms. The minimum absolute atomic E-state index is 0.797. The number of unbranched alkanes of at least 4 members (excludes halogenated alkanes) is 3. The van der Waals surface area contributed by atoms with E-state index in [0.29, 0.717) is 0 Å². The van der Waals surface area contributed by atoms with Gasteiger partial charge in [0.2, 0.25) is 0 Å². The molecule has 0 radical (unpaired) electrons. The summed E-state index contributed by atoms with van der Waals surface area (Å²) in [6, 6.07) is 4.33. The van der Waals surface area contributed by atoms with Gasteiger partial charge in [0.05, 0.1) is 6.61 Å². The highest BCUT2D eigenvalue weighted by molar-refractivity contribution is 6.31. The number of hydrogen-bond donors (Lipinski definition) is 1. The van der Waals surface area contributed by atoms with Crippen molar-refractivity contribution in [2.24, 2.45) is 0 Å². The third-order valence-corrected chi connectivity index (χ3v) is 4.05. The van der Waals surface area contributed by atoms with Crippen LogP contribution in [0.15, 0.2) is 12.1 Å². The molecular weight excluding hydrogens is 270 g/mol. The van der Waals surface area contributed by atoms with Gasteiger partial charge in [0.1, 0.15) is 0 Å². The van der Waals surface area contributed by atoms with Crippen LogP contribution in [-0.2, 0) is 11.2 Å². The van der Waals surface area contributed by atoms with E-state index in [9.17, 15) is 0 Å². The van der Waals surface area contributed by atoms with E-state index in [0.717, 1.165) is 31.1 Å². The molecule has 0 aliphatic carbocycles. The van der Waals surface area contributed by atoms with Crippen molar-refractivity contribution < 1.29 is 4.74 Å². The highest BCUT2D eigenvalue weighted by Crippen LogP contribution is 2.22. The molecule has 1 rings (SSSR count). The standard InChI is InChI=1S/C17H28ClNO/c1-14-12-16(17(18)13-15(14)2)8-6-4-5-7-9-19-10-11-20-3/h12-13,19H,4-11H2,1-3H3. The summed E-state index contributed by atoms with van der Waals surface area (Å²) in [5.41, 5.74) is 3.92. The molecule has 0 unspecified atom stereocenters. The van der Waals surface area contributed by atoms with Crippen molar-refractivity contribution in [3.05, 3.63) is 33.8 Å². The van der Waals surface area contributed by atoms with Gasteiger partial charge in [-0.15, -0.1) is 0 Å². The van der Waals surface area contributed by atoms with E-state index in [4.69, 9.17) is 16.3 Å². The van der Waals surface area contributed by atoms with E-state index in [-0.39, 0.29) is 0 Å². The first-order chi connectivity index (χ1) is 9.65. The lowest BCUT2D eigenvalue weighted by Crippen LogP contribution is -2.20. The average Bonchev–Trinajstić information content (AvgIpc) is 2.42. The molecule has 20 heavy (non-hydrogen) atoms. The SMILES string of the molecule is COCCNCCCCCCc1cc(C)c(C)cc1Cl. The first-order valence-corrected chi connectivity index (χ1v) is 7.98. The summed E-state index contributed by atoms with van der Waals surface area (Å²) >= 11 is 6.29. The van der Waals surface area contributed by atoms with Gasteiger partial charge in [-0.25, -0.2) is 0 Å². The number of benzene rings is 1. The zero-order valence-corrected chi connectivity index (χ0v) is 13.9. The van der Waals surface area contributed by atoms with Crippen LogP contribution in [0, 0.1) is 13.8 Å². The summed E-state index contributed by atoms with van der Waals surface area (Å²) in [5.74, 6) is 0. The Morgan fingerprint density at radius 2 is 1.70 bits per heavy atom. The van der Waals surface area contributed by atoms with Crippen molar-refractivity contribution in [2.45, 2.75) is 46.0 Å². The molecule has 0 heterocycles. The molecule has 0 aliphatic rings. The van der Waals surface area contributed by atoms with Crippen LogP contribution in [0.4, 0.5) is 0 Å². The second-order valence-electron chi connectivity index (χ2n) is 5.43. The Morgan fingerprint density at radius 1 is 1.00 bits per heavy atom. The summed E-state index contributed by atoms with van der Waals surface area (Å²) in [4.78, 5) is 0. The molecule has 0 fully saturated rings. The van der Waals surface area contributed by atoms with Gasteiger partial charge in [0.15, 0.2) is 0 Å². The van der Waals surface area contributed by atoms with Gasteiger partial charge >= 0.3 is 0 Å². The lowest BCUT2D eigenvalue weighted by Gasteiger charge is -2.08. The summed E-state index contributed by atoms with van der Waals surface area (Å²) in [5, 5.41) is 4.30. The van der Waals surface area contributed by atoms with Gasteiger partial charge in [-0.1, -0.05) is 30.5 Å². The topological polar surface area (TPSA) is 21.3 Å². The first kappa shape index (κ1) is 17.5. The van der Waals surface area contributed by atoms with Gasteiger partial charge < -0.3 is 10.1 Å². The fourth-order valence-corrected chi connectivity index (χ4v) is 2.56. The van der Waals surface area contributed by atoms with Crippen LogP contribution in [0.1, 0.15) is 42.4 Å². The summed E-state index contributed by atoms with van der Waals surface area (Å²) in [7, 11) is 1.74. The lowest BCUT2D eigenvalue weighted by molar-refractivity contribution is 0.199. The summed E-state index contributed by atoms with van der Waals surface area (Å²) < 4.78 is 4.99. The number of rotatable bonds is 10. The van der Waals surface area contributed by atoms with E-state index in [1.165, 1.54) is 42.4 Å². The fourth-order valence-electron chi connectivity index (χ4n) is 2.25. The van der Waals surface area contributed by atoms with E-state index >= 15 is 0 Å². The summed E-state index contributed by atoms with van der Waals surface area (Å²) in [6.07, 6.45) is 6.11. The van der Waals surface area contributed by atoms with Crippen LogP contribution in [0.25, 0.3) is 0 Å². The van der Waals surface area contributed by atoms with Crippen molar-refractivity contribution in [2.75, 3.05) is 26.8 Å². The van der Waals surface area contributed by atoms with Crippen molar-refractivity contribution in [1.82, 2.24) is 5.32 Å². The molecule has 0 bridgehead atoms. The molecule has 0 saturated heterocycles. The van der Waals surface area contributed by atoms with Gasteiger partial charge in [0, 0.05) is 18.7 Å². The number of ether oxygens (including phenoxy) is 1. The molecule has 0 atom stereocenters. The number of nitrogens with one attached hydrogen (secondary N) is 1. The van der Waals surface area contributed by atoms with E-state index < -0.39 is 0 Å². The Bertz CT molecular complexity index is 393. The highest BCUT2D eigenvalue weighted by atomic mass is 35.5. The molecule has 0 amide bonds. The maximum atomic E-state index is 6.29. The molecule has 0 aliphatic heterocycles. The predicted octanol–water partition coefficient (Wildman–Crippen LogP) is 4.30. The highest BCUT2D eigenvalue weighted by Gasteiger charge is 2.03. The third kappa shape index (κ3) is 6.74. The second kappa shape index (κ2) is 10.2. The normalized spacial score (nSPS) is 11.0. The minimum Gasteiger partial charge on any atom is -0.383 e. The van der Waals surface area contributed by atoms with Crippen LogP contribution >= 0.6 is 11.6 Å². The number of halogens is 1. The average molecular weight is 298 g/mol. The Hall–Kier alpha value is -0.570. The Balaban J connectivity index is 2.11. The molecule has 0 saturated carbocycles. The van der Waals surface area contributed by atoms with Gasteiger partial charge in [-0.3, -0.25) is 0 Å². The van der Waals surface area contributed by atoms with Crippen LogP contribution in [0.2, 0.25) is 5.02 Å². The minimum atomic E-state index is 0.797. The maximum absolute atomic E-state index is 6.29. The second-order valence-corrected chi connectivity index (χ2v) is 5.84. The van der Waals surface area contributed by atoms with E-state index in [2.05, 4.69) is 31.3 Å². The zero-order chi connectivity index (χ0) is 14.8. The molecule has 114 valence electrons. The zero-order valence-electron chi connectivity index (χ0n) is 13.1.